The monoisotopic (exact) mass is 356 g/mol. The number of hydrogen-bond donors (Lipinski definition) is 1. The largest absolute Gasteiger partial charge is 0.493 e. The minimum absolute atomic E-state index is 0.0373. The lowest BCUT2D eigenvalue weighted by atomic mass is 10.2. The van der Waals surface area contributed by atoms with Crippen LogP contribution in [0.15, 0.2) is 30.2 Å². The molecule has 0 unspecified atom stereocenters. The van der Waals surface area contributed by atoms with Gasteiger partial charge < -0.3 is 19.5 Å². The van der Waals surface area contributed by atoms with Crippen molar-refractivity contribution in [3.05, 3.63) is 45.4 Å². The van der Waals surface area contributed by atoms with E-state index in [2.05, 4.69) is 5.32 Å². The van der Waals surface area contributed by atoms with E-state index in [1.807, 2.05) is 0 Å². The highest BCUT2D eigenvalue weighted by Gasteiger charge is 2.24. The lowest BCUT2D eigenvalue weighted by Crippen LogP contribution is -2.31. The number of carbonyl (C=O) groups is 2. The van der Waals surface area contributed by atoms with Crippen molar-refractivity contribution in [2.75, 3.05) is 18.5 Å². The molecule has 0 aromatic heterocycles. The number of nitrogens with one attached hydrogen (secondary N) is 1. The van der Waals surface area contributed by atoms with Crippen LogP contribution in [-0.2, 0) is 23.8 Å². The maximum absolute atomic E-state index is 12.1. The molecule has 1 aliphatic rings. The molecule has 1 heterocycles. The number of anilines is 1. The molecule has 1 N–H and O–H groups in total. The zero-order valence-corrected chi connectivity index (χ0v) is 13.2. The number of nitro groups is 1. The summed E-state index contributed by atoms with van der Waals surface area (Å²) >= 11 is 5.89. The summed E-state index contributed by atoms with van der Waals surface area (Å²) in [5, 5.41) is 13.2. The zero-order chi connectivity index (χ0) is 17.7. The molecule has 0 fully saturated rings. The first-order valence-electron chi connectivity index (χ1n) is 6.79. The van der Waals surface area contributed by atoms with Crippen LogP contribution in [0.4, 0.5) is 11.4 Å². The van der Waals surface area contributed by atoms with Gasteiger partial charge in [-0.25, -0.2) is 4.79 Å². The number of carbonyl (C=O) groups excluding carboxylic acids is 2. The van der Waals surface area contributed by atoms with E-state index in [0.717, 1.165) is 12.3 Å². The Morgan fingerprint density at radius 2 is 2.17 bits per heavy atom. The standard InChI is InChI=1S/C14H13ClN2O7/c1-8(24-14(19)12-7-22-4-5-23-12)13(18)16-11-6-9(17(20)21)2-3-10(11)15/h2-3,6-8H,4-5H2,1H3,(H,16,18)/t8-/m1/s1. The van der Waals surface area contributed by atoms with Crippen molar-refractivity contribution in [3.8, 4) is 0 Å². The second kappa shape index (κ2) is 7.64. The summed E-state index contributed by atoms with van der Waals surface area (Å²) in [6, 6.07) is 3.59. The molecule has 1 aromatic rings. The Bertz CT molecular complexity index is 704. The maximum Gasteiger partial charge on any atom is 0.377 e. The first-order valence-corrected chi connectivity index (χ1v) is 7.16. The fraction of sp³-hybridized carbons (Fsp3) is 0.286. The molecule has 1 aromatic carbocycles. The van der Waals surface area contributed by atoms with Crippen LogP contribution in [0.2, 0.25) is 5.02 Å². The number of nitro benzene ring substituents is 1. The van der Waals surface area contributed by atoms with Gasteiger partial charge in [0.05, 0.1) is 15.6 Å². The Kier molecular flexibility index (Phi) is 5.59. The van der Waals surface area contributed by atoms with Gasteiger partial charge in [-0.3, -0.25) is 14.9 Å². The molecule has 24 heavy (non-hydrogen) atoms. The number of esters is 1. The highest BCUT2D eigenvalue weighted by molar-refractivity contribution is 6.33. The normalized spacial score (nSPS) is 14.5. The quantitative estimate of drug-likeness (QED) is 0.487. The predicted molar refractivity (Wildman–Crippen MR) is 82.3 cm³/mol. The molecule has 128 valence electrons. The first-order chi connectivity index (χ1) is 11.4. The lowest BCUT2D eigenvalue weighted by molar-refractivity contribution is -0.384. The number of amides is 1. The Hall–Kier alpha value is -2.81. The molecule has 1 atom stereocenters. The molecule has 0 radical (unpaired) electrons. The summed E-state index contributed by atoms with van der Waals surface area (Å²) in [4.78, 5) is 34.0. The Balaban J connectivity index is 2.01. The first kappa shape index (κ1) is 17.5. The van der Waals surface area contributed by atoms with Gasteiger partial charge in [-0.2, -0.15) is 0 Å². The van der Waals surface area contributed by atoms with Crippen LogP contribution in [0.5, 0.6) is 0 Å². The Labute approximate surface area is 141 Å². The van der Waals surface area contributed by atoms with E-state index in [4.69, 9.17) is 25.8 Å². The van der Waals surface area contributed by atoms with Crippen molar-refractivity contribution < 1.29 is 28.7 Å². The van der Waals surface area contributed by atoms with Gasteiger partial charge in [0.25, 0.3) is 11.6 Å². The molecule has 1 amide bonds. The fourth-order valence-corrected chi connectivity index (χ4v) is 1.87. The minimum Gasteiger partial charge on any atom is -0.493 e. The summed E-state index contributed by atoms with van der Waals surface area (Å²) < 4.78 is 14.9. The van der Waals surface area contributed by atoms with E-state index >= 15 is 0 Å². The van der Waals surface area contributed by atoms with Crippen LogP contribution in [0.1, 0.15) is 6.92 Å². The SMILES string of the molecule is C[C@@H](OC(=O)C1=COCCO1)C(=O)Nc1cc([N+](=O)[O-])ccc1Cl. The van der Waals surface area contributed by atoms with E-state index in [9.17, 15) is 19.7 Å². The molecule has 0 spiro atoms. The summed E-state index contributed by atoms with van der Waals surface area (Å²) in [5.74, 6) is -1.71. The van der Waals surface area contributed by atoms with Gasteiger partial charge in [0.15, 0.2) is 6.10 Å². The van der Waals surface area contributed by atoms with Gasteiger partial charge in [-0.15, -0.1) is 0 Å². The van der Waals surface area contributed by atoms with Crippen molar-refractivity contribution in [3.63, 3.8) is 0 Å². The van der Waals surface area contributed by atoms with Crippen molar-refractivity contribution >= 4 is 34.9 Å². The number of ether oxygens (including phenoxy) is 3. The molecule has 9 nitrogen and oxygen atoms in total. The van der Waals surface area contributed by atoms with E-state index in [1.165, 1.54) is 19.1 Å². The third kappa shape index (κ3) is 4.35. The molecule has 1 aliphatic heterocycles. The Morgan fingerprint density at radius 3 is 2.79 bits per heavy atom. The number of non-ortho nitro benzene ring substituents is 1. The third-order valence-corrected chi connectivity index (χ3v) is 3.25. The van der Waals surface area contributed by atoms with Crippen molar-refractivity contribution in [1.29, 1.82) is 0 Å². The summed E-state index contributed by atoms with van der Waals surface area (Å²) in [5.41, 5.74) is -0.201. The number of rotatable bonds is 5. The van der Waals surface area contributed by atoms with Gasteiger partial charge in [0.1, 0.15) is 19.5 Å². The fourth-order valence-electron chi connectivity index (χ4n) is 1.70. The van der Waals surface area contributed by atoms with E-state index < -0.39 is 22.9 Å². The van der Waals surface area contributed by atoms with Crippen LogP contribution in [0.3, 0.4) is 0 Å². The smallest absolute Gasteiger partial charge is 0.377 e. The number of nitrogens with zero attached hydrogens (tertiary/aromatic N) is 1. The van der Waals surface area contributed by atoms with Crippen LogP contribution < -0.4 is 5.32 Å². The van der Waals surface area contributed by atoms with Crippen molar-refractivity contribution in [1.82, 2.24) is 0 Å². The maximum atomic E-state index is 12.1. The van der Waals surface area contributed by atoms with Gasteiger partial charge in [-0.05, 0) is 13.0 Å². The summed E-state index contributed by atoms with van der Waals surface area (Å²) in [6.07, 6.45) is -0.0762. The van der Waals surface area contributed by atoms with Crippen LogP contribution in [0, 0.1) is 10.1 Å². The predicted octanol–water partition coefficient (Wildman–Crippen LogP) is 2.01. The number of benzene rings is 1. The molecule has 0 saturated carbocycles. The van der Waals surface area contributed by atoms with Crippen molar-refractivity contribution in [2.45, 2.75) is 13.0 Å². The van der Waals surface area contributed by atoms with Crippen molar-refractivity contribution in [2.24, 2.45) is 0 Å². The summed E-state index contributed by atoms with van der Waals surface area (Å²) in [7, 11) is 0. The second-order valence-corrected chi connectivity index (χ2v) is 5.07. The highest BCUT2D eigenvalue weighted by atomic mass is 35.5. The van der Waals surface area contributed by atoms with E-state index in [1.54, 1.807) is 0 Å². The van der Waals surface area contributed by atoms with Gasteiger partial charge in [-0.1, -0.05) is 11.6 Å². The van der Waals surface area contributed by atoms with Gasteiger partial charge in [0, 0.05) is 12.1 Å². The molecular formula is C14H13ClN2O7. The van der Waals surface area contributed by atoms with Crippen LogP contribution >= 0.6 is 11.6 Å². The molecule has 0 saturated heterocycles. The van der Waals surface area contributed by atoms with Gasteiger partial charge >= 0.3 is 5.97 Å². The highest BCUT2D eigenvalue weighted by Crippen LogP contribution is 2.26. The summed E-state index contributed by atoms with van der Waals surface area (Å²) in [6.45, 7) is 1.85. The Morgan fingerprint density at radius 1 is 1.42 bits per heavy atom. The lowest BCUT2D eigenvalue weighted by Gasteiger charge is -2.17. The third-order valence-electron chi connectivity index (χ3n) is 2.92. The number of hydrogen-bond acceptors (Lipinski definition) is 7. The molecule has 2 rings (SSSR count). The minimum atomic E-state index is -1.18. The van der Waals surface area contributed by atoms with E-state index in [-0.39, 0.29) is 28.8 Å². The second-order valence-electron chi connectivity index (χ2n) is 4.66. The van der Waals surface area contributed by atoms with E-state index in [0.29, 0.717) is 6.61 Å². The number of halogens is 1. The average molecular weight is 357 g/mol. The van der Waals surface area contributed by atoms with Crippen LogP contribution in [0.25, 0.3) is 0 Å². The molecular weight excluding hydrogens is 344 g/mol. The molecule has 0 aliphatic carbocycles. The van der Waals surface area contributed by atoms with Gasteiger partial charge in [0.2, 0.25) is 5.76 Å². The zero-order valence-electron chi connectivity index (χ0n) is 12.5. The topological polar surface area (TPSA) is 117 Å². The van der Waals surface area contributed by atoms with Crippen LogP contribution in [-0.4, -0.2) is 36.1 Å². The average Bonchev–Trinajstić information content (AvgIpc) is 2.57. The molecule has 0 bridgehead atoms. The molecule has 10 heteroatoms.